The number of unbranched alkanes of at least 4 members (excludes halogenated alkanes) is 2. The van der Waals surface area contributed by atoms with E-state index in [1.54, 1.807) is 24.3 Å². The molecule has 0 bridgehead atoms. The fourth-order valence-electron chi connectivity index (χ4n) is 4.28. The second-order valence-corrected chi connectivity index (χ2v) is 8.92. The van der Waals surface area contributed by atoms with E-state index in [-0.39, 0.29) is 11.3 Å². The first-order valence-electron chi connectivity index (χ1n) is 12.1. The monoisotopic (exact) mass is 469 g/mol. The second kappa shape index (κ2) is 9.66. The Morgan fingerprint density at radius 3 is 2.37 bits per heavy atom. The summed E-state index contributed by atoms with van der Waals surface area (Å²) in [6.07, 6.45) is 4.89. The number of pyridine rings is 1. The minimum atomic E-state index is -0.584. The van der Waals surface area contributed by atoms with Crippen molar-refractivity contribution in [3.63, 3.8) is 0 Å². The molecule has 178 valence electrons. The largest absolute Gasteiger partial charge is 0.290 e. The number of benzene rings is 2. The van der Waals surface area contributed by atoms with Crippen LogP contribution in [0.2, 0.25) is 0 Å². The summed E-state index contributed by atoms with van der Waals surface area (Å²) in [5.41, 5.74) is 7.00. The maximum atomic E-state index is 13.1. The lowest BCUT2D eigenvalue weighted by molar-refractivity contribution is 0.0844. The number of fused-ring (bicyclic) bond motifs is 2. The summed E-state index contributed by atoms with van der Waals surface area (Å²) in [4.78, 5) is 43.8. The van der Waals surface area contributed by atoms with Gasteiger partial charge in [0.25, 0.3) is 17.4 Å². The number of aryl methyl sites for hydroxylation is 1. The van der Waals surface area contributed by atoms with Crippen LogP contribution in [0.1, 0.15) is 71.5 Å². The van der Waals surface area contributed by atoms with E-state index >= 15 is 0 Å². The predicted octanol–water partition coefficient (Wildman–Crippen LogP) is 4.09. The van der Waals surface area contributed by atoms with Gasteiger partial charge in [-0.3, -0.25) is 30.2 Å². The van der Waals surface area contributed by atoms with Crippen molar-refractivity contribution in [1.82, 2.24) is 25.6 Å². The Morgan fingerprint density at radius 2 is 1.63 bits per heavy atom. The minimum Gasteiger partial charge on any atom is -0.267 e. The third kappa shape index (κ3) is 4.64. The van der Waals surface area contributed by atoms with E-state index < -0.39 is 11.8 Å². The van der Waals surface area contributed by atoms with E-state index in [9.17, 15) is 14.4 Å². The molecule has 1 aliphatic carbocycles. The molecule has 1 fully saturated rings. The molecule has 5 rings (SSSR count). The lowest BCUT2D eigenvalue weighted by Crippen LogP contribution is -2.43. The van der Waals surface area contributed by atoms with Gasteiger partial charge in [-0.15, -0.1) is 0 Å². The van der Waals surface area contributed by atoms with Crippen molar-refractivity contribution >= 4 is 33.5 Å². The molecule has 0 spiro atoms. The van der Waals surface area contributed by atoms with Gasteiger partial charge in [0.1, 0.15) is 0 Å². The molecule has 2 aromatic carbocycles. The molecule has 4 aromatic rings. The Balaban J connectivity index is 1.42. The fraction of sp³-hybridized carbons (Fsp3) is 0.296. The average Bonchev–Trinajstić information content (AvgIpc) is 3.74. The first-order valence-corrected chi connectivity index (χ1v) is 12.1. The number of carbonyl (C=O) groups excluding carboxylic acids is 2. The van der Waals surface area contributed by atoms with Gasteiger partial charge in [-0.25, -0.2) is 4.68 Å². The number of carbonyl (C=O) groups is 2. The maximum absolute atomic E-state index is 13.1. The molecule has 35 heavy (non-hydrogen) atoms. The SMILES string of the molecule is CCCCCn1nc(C(=O)NNC(=O)c2cc(C3CC3)nc3ccccc23)c2ccccc2c1=O. The molecule has 0 aliphatic heterocycles. The van der Waals surface area contributed by atoms with Crippen LogP contribution in [0.25, 0.3) is 21.7 Å². The molecule has 1 saturated carbocycles. The summed E-state index contributed by atoms with van der Waals surface area (Å²) in [7, 11) is 0. The fourth-order valence-corrected chi connectivity index (χ4v) is 4.28. The van der Waals surface area contributed by atoms with Crippen LogP contribution >= 0.6 is 0 Å². The number of nitrogens with one attached hydrogen (secondary N) is 2. The van der Waals surface area contributed by atoms with Gasteiger partial charge in [0.05, 0.1) is 16.5 Å². The minimum absolute atomic E-state index is 0.0928. The first kappa shape index (κ1) is 22.7. The maximum Gasteiger partial charge on any atom is 0.290 e. The van der Waals surface area contributed by atoms with Crippen molar-refractivity contribution in [3.05, 3.63) is 81.9 Å². The van der Waals surface area contributed by atoms with Crippen LogP contribution in [-0.4, -0.2) is 26.6 Å². The second-order valence-electron chi connectivity index (χ2n) is 8.92. The molecule has 2 heterocycles. The highest BCUT2D eigenvalue weighted by atomic mass is 16.2. The molecule has 0 radical (unpaired) electrons. The molecule has 2 aromatic heterocycles. The molecule has 0 saturated heterocycles. The Hall–Kier alpha value is -4.07. The van der Waals surface area contributed by atoms with Gasteiger partial charge in [-0.2, -0.15) is 5.10 Å². The molecule has 8 heteroatoms. The number of para-hydroxylation sites is 1. The molecular weight excluding hydrogens is 442 g/mol. The summed E-state index contributed by atoms with van der Waals surface area (Å²) in [5.74, 6) is -0.635. The van der Waals surface area contributed by atoms with E-state index in [4.69, 9.17) is 4.98 Å². The molecular formula is C27H27N5O3. The number of amides is 2. The number of hydrogen-bond acceptors (Lipinski definition) is 5. The lowest BCUT2D eigenvalue weighted by atomic mass is 10.1. The van der Waals surface area contributed by atoms with E-state index in [2.05, 4.69) is 22.9 Å². The van der Waals surface area contributed by atoms with E-state index in [0.717, 1.165) is 48.7 Å². The number of rotatable bonds is 7. The molecule has 0 atom stereocenters. The quantitative estimate of drug-likeness (QED) is 0.313. The van der Waals surface area contributed by atoms with Gasteiger partial charge in [-0.1, -0.05) is 56.2 Å². The molecule has 1 aliphatic rings. The Kier molecular flexibility index (Phi) is 6.27. The Labute approximate surface area is 202 Å². The van der Waals surface area contributed by atoms with Crippen molar-refractivity contribution in [1.29, 1.82) is 0 Å². The normalized spacial score (nSPS) is 13.2. The molecule has 2 amide bonds. The van der Waals surface area contributed by atoms with Gasteiger partial charge in [0.15, 0.2) is 5.69 Å². The standard InChI is InChI=1S/C27H27N5O3/c1-2-3-8-15-32-27(35)20-11-5-4-10-19(20)24(31-32)26(34)30-29-25(33)21-16-23(17-13-14-17)28-22-12-7-6-9-18(21)22/h4-7,9-12,16-17H,2-3,8,13-15H2,1H3,(H,29,33)(H,30,34). The highest BCUT2D eigenvalue weighted by Crippen LogP contribution is 2.40. The highest BCUT2D eigenvalue weighted by molar-refractivity contribution is 6.09. The highest BCUT2D eigenvalue weighted by Gasteiger charge is 2.27. The van der Waals surface area contributed by atoms with Crippen LogP contribution in [0.5, 0.6) is 0 Å². The van der Waals surface area contributed by atoms with Crippen LogP contribution in [0.3, 0.4) is 0 Å². The molecule has 8 nitrogen and oxygen atoms in total. The Bertz CT molecular complexity index is 1490. The number of hydrazine groups is 1. The van der Waals surface area contributed by atoms with Crippen molar-refractivity contribution < 1.29 is 9.59 Å². The van der Waals surface area contributed by atoms with Crippen molar-refractivity contribution in [3.8, 4) is 0 Å². The van der Waals surface area contributed by atoms with Crippen molar-refractivity contribution in [2.75, 3.05) is 0 Å². The molecule has 0 unspecified atom stereocenters. The van der Waals surface area contributed by atoms with Gasteiger partial charge in [-0.05, 0) is 37.5 Å². The lowest BCUT2D eigenvalue weighted by Gasteiger charge is -2.13. The third-order valence-electron chi connectivity index (χ3n) is 6.32. The zero-order chi connectivity index (χ0) is 24.4. The van der Waals surface area contributed by atoms with Gasteiger partial charge in [0.2, 0.25) is 0 Å². The van der Waals surface area contributed by atoms with E-state index in [0.29, 0.717) is 28.8 Å². The zero-order valence-electron chi connectivity index (χ0n) is 19.6. The number of nitrogens with zero attached hydrogens (tertiary/aromatic N) is 3. The summed E-state index contributed by atoms with van der Waals surface area (Å²) in [6, 6.07) is 16.2. The summed E-state index contributed by atoms with van der Waals surface area (Å²) in [6.45, 7) is 2.51. The van der Waals surface area contributed by atoms with Crippen LogP contribution in [0.4, 0.5) is 0 Å². The third-order valence-corrected chi connectivity index (χ3v) is 6.32. The molecule has 2 N–H and O–H groups in total. The number of aromatic nitrogens is 3. The summed E-state index contributed by atoms with van der Waals surface area (Å²) < 4.78 is 1.34. The van der Waals surface area contributed by atoms with Crippen LogP contribution < -0.4 is 16.4 Å². The average molecular weight is 470 g/mol. The van der Waals surface area contributed by atoms with Crippen LogP contribution in [-0.2, 0) is 6.54 Å². The number of hydrogen-bond donors (Lipinski definition) is 2. The smallest absolute Gasteiger partial charge is 0.267 e. The first-order chi connectivity index (χ1) is 17.1. The van der Waals surface area contributed by atoms with Crippen molar-refractivity contribution in [2.45, 2.75) is 51.5 Å². The van der Waals surface area contributed by atoms with Gasteiger partial charge in [0, 0.05) is 28.9 Å². The van der Waals surface area contributed by atoms with E-state index in [1.165, 1.54) is 4.68 Å². The van der Waals surface area contributed by atoms with Gasteiger partial charge >= 0.3 is 0 Å². The topological polar surface area (TPSA) is 106 Å². The van der Waals surface area contributed by atoms with E-state index in [1.807, 2.05) is 30.3 Å². The van der Waals surface area contributed by atoms with Crippen LogP contribution in [0, 0.1) is 0 Å². The van der Waals surface area contributed by atoms with Crippen molar-refractivity contribution in [2.24, 2.45) is 0 Å². The van der Waals surface area contributed by atoms with Gasteiger partial charge < -0.3 is 0 Å². The summed E-state index contributed by atoms with van der Waals surface area (Å²) >= 11 is 0. The van der Waals surface area contributed by atoms with Crippen LogP contribution in [0.15, 0.2) is 59.4 Å². The predicted molar refractivity (Wildman–Crippen MR) is 134 cm³/mol. The summed E-state index contributed by atoms with van der Waals surface area (Å²) in [5, 5.41) is 5.94. The Morgan fingerprint density at radius 1 is 0.943 bits per heavy atom. The zero-order valence-corrected chi connectivity index (χ0v) is 19.6.